The Morgan fingerprint density at radius 3 is 2.76 bits per heavy atom. The van der Waals surface area contributed by atoms with Crippen molar-refractivity contribution in [1.82, 2.24) is 10.7 Å². The summed E-state index contributed by atoms with van der Waals surface area (Å²) < 4.78 is 6.89. The summed E-state index contributed by atoms with van der Waals surface area (Å²) in [5.74, 6) is 0.187. The molecule has 33 heavy (non-hydrogen) atoms. The first kappa shape index (κ1) is 21.8. The van der Waals surface area contributed by atoms with Gasteiger partial charge in [-0.05, 0) is 36.6 Å². The lowest BCUT2D eigenvalue weighted by Gasteiger charge is -2.58. The number of hydrogen-bond acceptors (Lipinski definition) is 6. The molecule has 1 aromatic rings. The SMILES string of the molecule is CC1=CC=C2C(C)(C)C(=NNC(N)=O)C(S)=CC23Oc2c(ccc4c2C(O)NC4=O)CC13C. The normalized spacial score (nSPS) is 32.2. The Bertz CT molecular complexity index is 1260. The molecule has 3 unspecified atom stereocenters. The number of nitrogens with one attached hydrogen (secondary N) is 2. The second kappa shape index (κ2) is 6.74. The highest BCUT2D eigenvalue weighted by atomic mass is 32.1. The molecule has 8 nitrogen and oxygen atoms in total. The van der Waals surface area contributed by atoms with E-state index in [2.05, 4.69) is 35.8 Å². The molecule has 3 amide bonds. The van der Waals surface area contributed by atoms with Crippen LogP contribution in [0.4, 0.5) is 4.79 Å². The first-order valence-electron chi connectivity index (χ1n) is 10.7. The van der Waals surface area contributed by atoms with Gasteiger partial charge in [-0.1, -0.05) is 44.6 Å². The van der Waals surface area contributed by atoms with Gasteiger partial charge in [-0.15, -0.1) is 12.6 Å². The third kappa shape index (κ3) is 2.72. The number of nitrogens with two attached hydrogens (primary N) is 1. The number of aliphatic hydroxyl groups is 1. The number of hydrazone groups is 1. The first-order valence-corrected chi connectivity index (χ1v) is 11.2. The molecule has 1 spiro atoms. The van der Waals surface area contributed by atoms with Crippen LogP contribution in [0.2, 0.25) is 0 Å². The molecule has 0 fully saturated rings. The molecule has 2 aliphatic heterocycles. The highest BCUT2D eigenvalue weighted by Crippen LogP contribution is 2.62. The number of amides is 3. The maximum absolute atomic E-state index is 12.3. The number of benzene rings is 1. The van der Waals surface area contributed by atoms with Crippen LogP contribution in [0.25, 0.3) is 0 Å². The predicted molar refractivity (Wildman–Crippen MR) is 127 cm³/mol. The lowest BCUT2D eigenvalue weighted by molar-refractivity contribution is 0.00752. The van der Waals surface area contributed by atoms with Crippen molar-refractivity contribution in [1.29, 1.82) is 0 Å². The molecule has 5 N–H and O–H groups in total. The Hall–Kier alpha value is -3.04. The molecule has 1 aromatic carbocycles. The average molecular weight is 467 g/mol. The Balaban J connectivity index is 1.78. The molecule has 0 saturated heterocycles. The summed E-state index contributed by atoms with van der Waals surface area (Å²) in [5, 5.41) is 17.4. The van der Waals surface area contributed by atoms with Gasteiger partial charge in [0, 0.05) is 15.7 Å². The third-order valence-corrected chi connectivity index (χ3v) is 7.93. The summed E-state index contributed by atoms with van der Waals surface area (Å²) in [6, 6.07) is 2.88. The highest BCUT2D eigenvalue weighted by molar-refractivity contribution is 7.85. The Labute approximate surface area is 197 Å². The molecular weight excluding hydrogens is 440 g/mol. The van der Waals surface area contributed by atoms with E-state index in [0.717, 1.165) is 16.7 Å². The van der Waals surface area contributed by atoms with Crippen molar-refractivity contribution in [3.05, 3.63) is 63.1 Å². The van der Waals surface area contributed by atoms with Crippen LogP contribution in [-0.4, -0.2) is 28.4 Å². The van der Waals surface area contributed by atoms with E-state index in [1.54, 1.807) is 6.07 Å². The minimum Gasteiger partial charge on any atom is -0.477 e. The van der Waals surface area contributed by atoms with Crippen molar-refractivity contribution in [2.24, 2.45) is 21.7 Å². The van der Waals surface area contributed by atoms with E-state index in [1.165, 1.54) is 0 Å². The van der Waals surface area contributed by atoms with Crippen molar-refractivity contribution in [2.45, 2.75) is 45.9 Å². The smallest absolute Gasteiger partial charge is 0.332 e. The van der Waals surface area contributed by atoms with Crippen LogP contribution in [0, 0.1) is 10.8 Å². The second-order valence-electron chi connectivity index (χ2n) is 9.76. The minimum absolute atomic E-state index is 0.327. The molecule has 2 heterocycles. The number of ether oxygens (including phenoxy) is 1. The zero-order valence-electron chi connectivity index (χ0n) is 18.8. The van der Waals surface area contributed by atoms with Gasteiger partial charge in [0.2, 0.25) is 0 Å². The van der Waals surface area contributed by atoms with Crippen LogP contribution < -0.4 is 21.2 Å². The highest BCUT2D eigenvalue weighted by Gasteiger charge is 2.62. The van der Waals surface area contributed by atoms with Crippen LogP contribution in [0.15, 0.2) is 51.5 Å². The lowest BCUT2D eigenvalue weighted by atomic mass is 9.52. The van der Waals surface area contributed by atoms with Crippen molar-refractivity contribution in [2.75, 3.05) is 0 Å². The van der Waals surface area contributed by atoms with Crippen molar-refractivity contribution < 1.29 is 19.4 Å². The summed E-state index contributed by atoms with van der Waals surface area (Å²) in [7, 11) is 0. The summed E-state index contributed by atoms with van der Waals surface area (Å²) in [5.41, 5.74) is 9.90. The van der Waals surface area contributed by atoms with E-state index in [9.17, 15) is 14.7 Å². The Kier molecular flexibility index (Phi) is 4.45. The quantitative estimate of drug-likeness (QED) is 0.322. The van der Waals surface area contributed by atoms with Crippen molar-refractivity contribution in [3.63, 3.8) is 0 Å². The van der Waals surface area contributed by atoms with E-state index < -0.39 is 28.7 Å². The molecule has 3 atom stereocenters. The topological polar surface area (TPSA) is 126 Å². The number of carbonyl (C=O) groups is 2. The monoisotopic (exact) mass is 466 g/mol. The number of hydrogen-bond donors (Lipinski definition) is 5. The summed E-state index contributed by atoms with van der Waals surface area (Å²) in [6.45, 7) is 8.22. The maximum atomic E-state index is 12.3. The van der Waals surface area contributed by atoms with Gasteiger partial charge in [-0.25, -0.2) is 10.2 Å². The molecule has 0 radical (unpaired) electrons. The van der Waals surface area contributed by atoms with Crippen LogP contribution in [0.1, 0.15) is 55.4 Å². The van der Waals surface area contributed by atoms with Gasteiger partial charge in [0.05, 0.1) is 16.8 Å². The Morgan fingerprint density at radius 1 is 1.33 bits per heavy atom. The number of allylic oxidation sites excluding steroid dienone is 3. The fraction of sp³-hybridized carbons (Fsp3) is 0.375. The third-order valence-electron chi connectivity index (χ3n) is 7.59. The number of primary amides is 1. The van der Waals surface area contributed by atoms with Gasteiger partial charge < -0.3 is 20.9 Å². The number of carbonyl (C=O) groups excluding carboxylic acids is 2. The largest absolute Gasteiger partial charge is 0.477 e. The van der Waals surface area contributed by atoms with Crippen LogP contribution in [-0.2, 0) is 6.42 Å². The molecule has 5 rings (SSSR count). The molecule has 9 heteroatoms. The van der Waals surface area contributed by atoms with E-state index in [4.69, 9.17) is 23.1 Å². The summed E-state index contributed by atoms with van der Waals surface area (Å²) in [6.07, 6.45) is 5.54. The zero-order valence-corrected chi connectivity index (χ0v) is 19.7. The van der Waals surface area contributed by atoms with Crippen molar-refractivity contribution >= 4 is 30.3 Å². The van der Waals surface area contributed by atoms with Crippen LogP contribution in [0.3, 0.4) is 0 Å². The number of aliphatic hydroxyl groups excluding tert-OH is 1. The van der Waals surface area contributed by atoms with Crippen LogP contribution in [0.5, 0.6) is 5.75 Å². The molecule has 2 aliphatic carbocycles. The standard InChI is InChI=1S/C24H26N4O4S/c1-11-5-8-15-22(2,3)18(27-28-21(25)31)14(33)10-24(15)23(11,4)9-12-6-7-13-16(17(12)32-24)20(30)26-19(13)29/h5-8,10,20,30,33H,9H2,1-4H3,(H,26,29)(H3,25,28,31). The lowest BCUT2D eigenvalue weighted by Crippen LogP contribution is -2.62. The molecular formula is C24H26N4O4S. The molecule has 0 saturated carbocycles. The van der Waals surface area contributed by atoms with E-state index >= 15 is 0 Å². The molecule has 172 valence electrons. The minimum atomic E-state index is -1.14. The summed E-state index contributed by atoms with van der Waals surface area (Å²) >= 11 is 4.75. The number of fused-ring (bicyclic) bond motifs is 3. The van der Waals surface area contributed by atoms with Gasteiger partial charge >= 0.3 is 6.03 Å². The van der Waals surface area contributed by atoms with Crippen molar-refractivity contribution in [3.8, 4) is 5.75 Å². The zero-order chi connectivity index (χ0) is 23.9. The van der Waals surface area contributed by atoms with Gasteiger partial charge in [0.1, 0.15) is 5.75 Å². The molecule has 0 bridgehead atoms. The number of rotatable bonds is 1. The van der Waals surface area contributed by atoms with Gasteiger partial charge in [0.15, 0.2) is 11.8 Å². The average Bonchev–Trinajstić information content (AvgIpc) is 3.00. The van der Waals surface area contributed by atoms with E-state index in [1.807, 2.05) is 32.1 Å². The van der Waals surface area contributed by atoms with E-state index in [0.29, 0.717) is 33.9 Å². The fourth-order valence-electron chi connectivity index (χ4n) is 5.69. The van der Waals surface area contributed by atoms with Gasteiger partial charge in [0.25, 0.3) is 5.91 Å². The second-order valence-corrected chi connectivity index (χ2v) is 10.2. The molecule has 0 aromatic heterocycles. The molecule has 4 aliphatic rings. The van der Waals surface area contributed by atoms with E-state index in [-0.39, 0.29) is 5.91 Å². The predicted octanol–water partition coefficient (Wildman–Crippen LogP) is 2.87. The summed E-state index contributed by atoms with van der Waals surface area (Å²) in [4.78, 5) is 24.2. The maximum Gasteiger partial charge on any atom is 0.332 e. The van der Waals surface area contributed by atoms with Gasteiger partial charge in [-0.3, -0.25) is 4.79 Å². The number of thiol groups is 1. The van der Waals surface area contributed by atoms with Gasteiger partial charge in [-0.2, -0.15) is 5.10 Å². The number of nitrogens with zero attached hydrogens (tertiary/aromatic N) is 1. The number of urea groups is 1. The first-order chi connectivity index (χ1) is 15.4. The van der Waals surface area contributed by atoms with Crippen LogP contribution >= 0.6 is 12.6 Å². The Morgan fingerprint density at radius 2 is 2.06 bits per heavy atom. The fourth-order valence-corrected chi connectivity index (χ4v) is 6.20.